The Morgan fingerprint density at radius 1 is 1.08 bits per heavy atom. The van der Waals surface area contributed by atoms with Crippen LogP contribution in [0.1, 0.15) is 38.8 Å². The Labute approximate surface area is 150 Å². The molecule has 0 aliphatic carbocycles. The van der Waals surface area contributed by atoms with Gasteiger partial charge in [0.2, 0.25) is 0 Å². The third-order valence-electron chi connectivity index (χ3n) is 4.99. The molecule has 2 nitrogen and oxygen atoms in total. The van der Waals surface area contributed by atoms with Crippen molar-refractivity contribution in [3.8, 4) is 0 Å². The lowest BCUT2D eigenvalue weighted by molar-refractivity contribution is 0.0593. The quantitative estimate of drug-likeness (QED) is 0.795. The summed E-state index contributed by atoms with van der Waals surface area (Å²) in [5, 5.41) is 10.4. The fourth-order valence-electron chi connectivity index (χ4n) is 2.64. The first kappa shape index (κ1) is 19.0. The van der Waals surface area contributed by atoms with E-state index in [2.05, 4.69) is 38.1 Å². The molecular weight excluding hydrogens is 316 g/mol. The van der Waals surface area contributed by atoms with Crippen molar-refractivity contribution in [2.45, 2.75) is 50.3 Å². The predicted octanol–water partition coefficient (Wildman–Crippen LogP) is 4.97. The molecule has 1 aliphatic heterocycles. The molecule has 1 saturated heterocycles. The molecule has 0 aromatic heterocycles. The molecule has 3 rings (SSSR count). The molecule has 0 saturated carbocycles. The molecule has 0 spiro atoms. The van der Waals surface area contributed by atoms with Crippen LogP contribution >= 0.6 is 11.8 Å². The summed E-state index contributed by atoms with van der Waals surface area (Å²) in [5.74, 6) is 0. The molecular formula is C21H28O2S. The zero-order valence-corrected chi connectivity index (χ0v) is 16.0. The lowest BCUT2D eigenvalue weighted by Gasteiger charge is -2.29. The Hall–Kier alpha value is -1.29. The molecule has 0 amide bonds. The number of ether oxygens (including phenoxy) is 1. The zero-order chi connectivity index (χ0) is 17.8. The number of epoxide rings is 1. The van der Waals surface area contributed by atoms with Crippen molar-refractivity contribution >= 4 is 11.8 Å². The average Bonchev–Trinajstić information content (AvgIpc) is 3.24. The molecule has 2 aromatic rings. The van der Waals surface area contributed by atoms with E-state index in [0.29, 0.717) is 6.10 Å². The van der Waals surface area contributed by atoms with Crippen LogP contribution in [-0.4, -0.2) is 22.7 Å². The van der Waals surface area contributed by atoms with Gasteiger partial charge in [-0.05, 0) is 38.2 Å². The summed E-state index contributed by atoms with van der Waals surface area (Å²) in [6.45, 7) is 8.14. The summed E-state index contributed by atoms with van der Waals surface area (Å²) in [7, 11) is 0. The van der Waals surface area contributed by atoms with Gasteiger partial charge in [-0.3, -0.25) is 0 Å². The molecule has 0 radical (unpaired) electrons. The molecule has 1 aliphatic rings. The molecule has 3 heteroatoms. The van der Waals surface area contributed by atoms with Crippen LogP contribution in [0.3, 0.4) is 0 Å². The highest BCUT2D eigenvalue weighted by molar-refractivity contribution is 7.99. The van der Waals surface area contributed by atoms with Crippen molar-refractivity contribution in [1.29, 1.82) is 0 Å². The van der Waals surface area contributed by atoms with Gasteiger partial charge in [-0.1, -0.05) is 67.6 Å². The maximum absolute atomic E-state index is 10.2. The van der Waals surface area contributed by atoms with Gasteiger partial charge in [-0.15, -0.1) is 0 Å². The summed E-state index contributed by atoms with van der Waals surface area (Å²) in [4.78, 5) is 0. The van der Waals surface area contributed by atoms with Crippen LogP contribution in [0, 0.1) is 0 Å². The molecule has 1 heterocycles. The summed E-state index contributed by atoms with van der Waals surface area (Å²) < 4.78 is 5.49. The van der Waals surface area contributed by atoms with Gasteiger partial charge < -0.3 is 9.84 Å². The van der Waals surface area contributed by atoms with E-state index in [9.17, 15) is 5.11 Å². The van der Waals surface area contributed by atoms with Gasteiger partial charge in [0.1, 0.15) is 5.60 Å². The molecule has 0 bridgehead atoms. The van der Waals surface area contributed by atoms with Gasteiger partial charge in [0.05, 0.1) is 11.7 Å². The van der Waals surface area contributed by atoms with Crippen LogP contribution < -0.4 is 0 Å². The first-order chi connectivity index (χ1) is 11.3. The van der Waals surface area contributed by atoms with Crippen molar-refractivity contribution in [3.05, 3.63) is 71.8 Å². The highest BCUT2D eigenvalue weighted by Crippen LogP contribution is 2.45. The maximum atomic E-state index is 10.2. The SMILES string of the molecule is CC1OC1(C)c1ccccc1.CSC(C)C(C)(O)c1ccccc1. The predicted molar refractivity (Wildman–Crippen MR) is 103 cm³/mol. The van der Waals surface area contributed by atoms with E-state index in [0.717, 1.165) is 5.56 Å². The first-order valence-electron chi connectivity index (χ1n) is 8.36. The van der Waals surface area contributed by atoms with Crippen molar-refractivity contribution < 1.29 is 9.84 Å². The van der Waals surface area contributed by atoms with Gasteiger partial charge in [0, 0.05) is 5.25 Å². The van der Waals surface area contributed by atoms with Crippen molar-refractivity contribution in [2.24, 2.45) is 0 Å². The van der Waals surface area contributed by atoms with Gasteiger partial charge >= 0.3 is 0 Å². The average molecular weight is 345 g/mol. The molecule has 24 heavy (non-hydrogen) atoms. The van der Waals surface area contributed by atoms with E-state index >= 15 is 0 Å². The molecule has 2 aromatic carbocycles. The van der Waals surface area contributed by atoms with Crippen LogP contribution in [0.4, 0.5) is 0 Å². The Kier molecular flexibility index (Phi) is 6.13. The first-order valence-corrected chi connectivity index (χ1v) is 9.65. The minimum Gasteiger partial charge on any atom is -0.384 e. The number of benzene rings is 2. The standard InChI is InChI=1S/C11H16OS.C10H12O/c1-9(13-3)11(2,12)10-7-5-4-6-8-10;1-8-10(2,11-8)9-6-4-3-5-7-9/h4-9,12H,1-3H3;3-8H,1-2H3. The lowest BCUT2D eigenvalue weighted by atomic mass is 9.93. The van der Waals surface area contributed by atoms with Gasteiger partial charge in [-0.25, -0.2) is 0 Å². The Bertz CT molecular complexity index is 627. The summed E-state index contributed by atoms with van der Waals surface area (Å²) in [6.07, 6.45) is 2.40. The Morgan fingerprint density at radius 3 is 1.96 bits per heavy atom. The highest BCUT2D eigenvalue weighted by Gasteiger charge is 2.49. The number of hydrogen-bond acceptors (Lipinski definition) is 3. The number of thioether (sulfide) groups is 1. The second-order valence-electron chi connectivity index (χ2n) is 6.62. The van der Waals surface area contributed by atoms with E-state index in [1.807, 2.05) is 56.5 Å². The number of hydrogen-bond donors (Lipinski definition) is 1. The van der Waals surface area contributed by atoms with Crippen LogP contribution in [0.2, 0.25) is 0 Å². The number of rotatable bonds is 4. The topological polar surface area (TPSA) is 32.8 Å². The maximum Gasteiger partial charge on any atom is 0.117 e. The molecule has 4 atom stereocenters. The van der Waals surface area contributed by atoms with Crippen LogP contribution in [0.15, 0.2) is 60.7 Å². The fourth-order valence-corrected chi connectivity index (χ4v) is 3.24. The summed E-state index contributed by atoms with van der Waals surface area (Å²) >= 11 is 1.68. The molecule has 1 N–H and O–H groups in total. The summed E-state index contributed by atoms with van der Waals surface area (Å²) in [6, 6.07) is 20.2. The van der Waals surface area contributed by atoms with Crippen molar-refractivity contribution in [1.82, 2.24) is 0 Å². The van der Waals surface area contributed by atoms with E-state index in [1.54, 1.807) is 11.8 Å². The van der Waals surface area contributed by atoms with Crippen molar-refractivity contribution in [2.75, 3.05) is 6.26 Å². The van der Waals surface area contributed by atoms with Gasteiger partial charge in [0.25, 0.3) is 0 Å². The molecule has 1 fully saturated rings. The van der Waals surface area contributed by atoms with Crippen molar-refractivity contribution in [3.63, 3.8) is 0 Å². The minimum atomic E-state index is -0.735. The van der Waals surface area contributed by atoms with E-state index in [-0.39, 0.29) is 10.9 Å². The minimum absolute atomic E-state index is 0.00125. The van der Waals surface area contributed by atoms with E-state index in [1.165, 1.54) is 5.56 Å². The highest BCUT2D eigenvalue weighted by atomic mass is 32.2. The van der Waals surface area contributed by atoms with Crippen LogP contribution in [0.25, 0.3) is 0 Å². The Balaban J connectivity index is 0.000000175. The number of aliphatic hydroxyl groups is 1. The van der Waals surface area contributed by atoms with Crippen LogP contribution in [0.5, 0.6) is 0 Å². The molecule has 4 unspecified atom stereocenters. The Morgan fingerprint density at radius 2 is 1.54 bits per heavy atom. The zero-order valence-electron chi connectivity index (χ0n) is 15.2. The third kappa shape index (κ3) is 4.21. The molecule has 130 valence electrons. The lowest BCUT2D eigenvalue weighted by Crippen LogP contribution is -2.31. The normalized spacial score (nSPS) is 25.8. The van der Waals surface area contributed by atoms with Gasteiger partial charge in [0.15, 0.2) is 0 Å². The third-order valence-corrected chi connectivity index (χ3v) is 6.16. The van der Waals surface area contributed by atoms with E-state index in [4.69, 9.17) is 4.74 Å². The van der Waals surface area contributed by atoms with Crippen LogP contribution in [-0.2, 0) is 15.9 Å². The second-order valence-corrected chi connectivity index (χ2v) is 7.80. The van der Waals surface area contributed by atoms with Gasteiger partial charge in [-0.2, -0.15) is 11.8 Å². The van der Waals surface area contributed by atoms with E-state index < -0.39 is 5.60 Å². The second kappa shape index (κ2) is 7.73. The monoisotopic (exact) mass is 344 g/mol. The largest absolute Gasteiger partial charge is 0.384 e. The summed E-state index contributed by atoms with van der Waals surface area (Å²) in [5.41, 5.74) is 1.53. The fraction of sp³-hybridized carbons (Fsp3) is 0.429. The smallest absolute Gasteiger partial charge is 0.117 e.